The molecule has 0 radical (unpaired) electrons. The Kier molecular flexibility index (Phi) is 3.74. The van der Waals surface area contributed by atoms with Crippen LogP contribution in [0.4, 0.5) is 4.39 Å². The van der Waals surface area contributed by atoms with E-state index in [4.69, 9.17) is 4.74 Å². The molecule has 24 heavy (non-hydrogen) atoms. The van der Waals surface area contributed by atoms with E-state index in [1.54, 1.807) is 12.1 Å². The molecule has 2 heterocycles. The fraction of sp³-hybridized carbons (Fsp3) is 0.429. The van der Waals surface area contributed by atoms with Crippen molar-refractivity contribution in [1.29, 1.82) is 0 Å². The third-order valence-electron chi connectivity index (χ3n) is 5.48. The van der Waals surface area contributed by atoms with Gasteiger partial charge in [0.05, 0.1) is 11.2 Å². The molecule has 0 unspecified atom stereocenters. The Balaban J connectivity index is 1.53. The molecule has 0 N–H and O–H groups in total. The van der Waals surface area contributed by atoms with Gasteiger partial charge in [0.1, 0.15) is 5.82 Å². The molecule has 1 saturated heterocycles. The second-order valence-electron chi connectivity index (χ2n) is 7.56. The first-order valence-corrected chi connectivity index (χ1v) is 8.76. The minimum Gasteiger partial charge on any atom is -0.360 e. The van der Waals surface area contributed by atoms with Gasteiger partial charge in [-0.25, -0.2) is 4.39 Å². The minimum absolute atomic E-state index is 0.177. The smallest absolute Gasteiger partial charge is 0.123 e. The quantitative estimate of drug-likeness (QED) is 0.801. The molecule has 2 aromatic rings. The number of benzene rings is 2. The van der Waals surface area contributed by atoms with Crippen molar-refractivity contribution in [2.45, 2.75) is 44.4 Å². The van der Waals surface area contributed by atoms with Crippen molar-refractivity contribution < 1.29 is 9.13 Å². The molecule has 1 spiro atoms. The Hall–Kier alpha value is -1.71. The van der Waals surface area contributed by atoms with Gasteiger partial charge in [-0.3, -0.25) is 4.90 Å². The third-order valence-corrected chi connectivity index (χ3v) is 5.48. The average molecular weight is 325 g/mol. The van der Waals surface area contributed by atoms with Gasteiger partial charge in [0.15, 0.2) is 0 Å². The fourth-order valence-corrected chi connectivity index (χ4v) is 4.30. The number of nitrogens with zero attached hydrogens (tertiary/aromatic N) is 1. The van der Waals surface area contributed by atoms with E-state index < -0.39 is 5.60 Å². The molecule has 2 nitrogen and oxygen atoms in total. The summed E-state index contributed by atoms with van der Waals surface area (Å²) >= 11 is 0. The summed E-state index contributed by atoms with van der Waals surface area (Å²) in [4.78, 5) is 2.48. The van der Waals surface area contributed by atoms with E-state index in [1.165, 1.54) is 11.1 Å². The lowest BCUT2D eigenvalue weighted by Crippen LogP contribution is -2.43. The van der Waals surface area contributed by atoms with Gasteiger partial charge >= 0.3 is 0 Å². The molecular weight excluding hydrogens is 301 g/mol. The van der Waals surface area contributed by atoms with Crippen LogP contribution in [0.2, 0.25) is 0 Å². The van der Waals surface area contributed by atoms with Gasteiger partial charge in [-0.2, -0.15) is 0 Å². The van der Waals surface area contributed by atoms with E-state index in [1.807, 2.05) is 6.07 Å². The first-order chi connectivity index (χ1) is 11.5. The Morgan fingerprint density at radius 2 is 1.71 bits per heavy atom. The van der Waals surface area contributed by atoms with Gasteiger partial charge < -0.3 is 4.74 Å². The van der Waals surface area contributed by atoms with Gasteiger partial charge in [-0.05, 0) is 55.5 Å². The highest BCUT2D eigenvalue weighted by molar-refractivity contribution is 5.41. The summed E-state index contributed by atoms with van der Waals surface area (Å²) in [6.45, 7) is 7.09. The van der Waals surface area contributed by atoms with Crippen molar-refractivity contribution in [1.82, 2.24) is 4.90 Å². The second kappa shape index (κ2) is 5.68. The molecule has 0 saturated carbocycles. The number of hydrogen-bond acceptors (Lipinski definition) is 2. The molecule has 0 aromatic heterocycles. The van der Waals surface area contributed by atoms with Gasteiger partial charge in [-0.1, -0.05) is 36.4 Å². The van der Waals surface area contributed by atoms with Crippen LogP contribution in [0, 0.1) is 5.82 Å². The van der Waals surface area contributed by atoms with Crippen molar-refractivity contribution in [2.75, 3.05) is 13.1 Å². The maximum Gasteiger partial charge on any atom is 0.123 e. The highest BCUT2D eigenvalue weighted by atomic mass is 19.1. The number of fused-ring (bicyclic) bond motifs is 2. The molecule has 2 aliphatic rings. The number of halogens is 1. The van der Waals surface area contributed by atoms with Gasteiger partial charge in [0.2, 0.25) is 0 Å². The fourth-order valence-electron chi connectivity index (χ4n) is 4.30. The number of rotatable bonds is 2. The maximum atomic E-state index is 13.7. The molecular formula is C21H24FNO. The van der Waals surface area contributed by atoms with E-state index in [2.05, 4.69) is 49.1 Å². The molecule has 0 bridgehead atoms. The van der Waals surface area contributed by atoms with E-state index >= 15 is 0 Å². The Bertz CT molecular complexity index is 733. The predicted molar refractivity (Wildman–Crippen MR) is 93.1 cm³/mol. The lowest BCUT2D eigenvalue weighted by atomic mass is 9.82. The average Bonchev–Trinajstić information content (AvgIpc) is 2.78. The van der Waals surface area contributed by atoms with Gasteiger partial charge in [0.25, 0.3) is 0 Å². The van der Waals surface area contributed by atoms with Crippen LogP contribution in [0.5, 0.6) is 0 Å². The number of hydrogen-bond donors (Lipinski definition) is 0. The highest BCUT2D eigenvalue weighted by Crippen LogP contribution is 2.52. The SMILES string of the molecule is CC1(C)OC2(CCN(Cc3ccccc3)CC2)c2ccc(F)cc21. The van der Waals surface area contributed by atoms with E-state index in [-0.39, 0.29) is 11.4 Å². The minimum atomic E-state index is -0.418. The van der Waals surface area contributed by atoms with Gasteiger partial charge in [-0.15, -0.1) is 0 Å². The largest absolute Gasteiger partial charge is 0.360 e. The molecule has 0 aliphatic carbocycles. The maximum absolute atomic E-state index is 13.7. The van der Waals surface area contributed by atoms with Crippen molar-refractivity contribution in [3.05, 3.63) is 71.0 Å². The van der Waals surface area contributed by atoms with E-state index in [0.717, 1.165) is 38.0 Å². The Morgan fingerprint density at radius 3 is 2.42 bits per heavy atom. The van der Waals surface area contributed by atoms with Crippen molar-refractivity contribution in [2.24, 2.45) is 0 Å². The van der Waals surface area contributed by atoms with Crippen LogP contribution >= 0.6 is 0 Å². The van der Waals surface area contributed by atoms with Gasteiger partial charge in [0, 0.05) is 19.6 Å². The molecule has 1 fully saturated rings. The number of piperidine rings is 1. The second-order valence-corrected chi connectivity index (χ2v) is 7.56. The monoisotopic (exact) mass is 325 g/mol. The molecule has 4 rings (SSSR count). The van der Waals surface area contributed by atoms with E-state index in [0.29, 0.717) is 0 Å². The zero-order chi connectivity index (χ0) is 16.8. The number of ether oxygens (including phenoxy) is 1. The van der Waals surface area contributed by atoms with Crippen molar-refractivity contribution >= 4 is 0 Å². The summed E-state index contributed by atoms with van der Waals surface area (Å²) in [7, 11) is 0. The molecule has 3 heteroatoms. The summed E-state index contributed by atoms with van der Waals surface area (Å²) < 4.78 is 20.2. The predicted octanol–water partition coefficient (Wildman–Crippen LogP) is 4.58. The van der Waals surface area contributed by atoms with Crippen LogP contribution in [-0.4, -0.2) is 18.0 Å². The number of likely N-dealkylation sites (tertiary alicyclic amines) is 1. The topological polar surface area (TPSA) is 12.5 Å². The van der Waals surface area contributed by atoms with Crippen LogP contribution in [0.3, 0.4) is 0 Å². The van der Waals surface area contributed by atoms with Crippen LogP contribution in [0.1, 0.15) is 43.4 Å². The first-order valence-electron chi connectivity index (χ1n) is 8.76. The zero-order valence-electron chi connectivity index (χ0n) is 14.4. The van der Waals surface area contributed by atoms with Crippen LogP contribution in [0.25, 0.3) is 0 Å². The van der Waals surface area contributed by atoms with Crippen LogP contribution in [0.15, 0.2) is 48.5 Å². The normalized spacial score (nSPS) is 21.8. The van der Waals surface area contributed by atoms with Crippen molar-refractivity contribution in [3.63, 3.8) is 0 Å². The molecule has 2 aromatic carbocycles. The summed E-state index contributed by atoms with van der Waals surface area (Å²) in [6.07, 6.45) is 1.92. The molecule has 0 amide bonds. The third kappa shape index (κ3) is 2.66. The lowest BCUT2D eigenvalue weighted by molar-refractivity contribution is -0.150. The molecule has 126 valence electrons. The summed E-state index contributed by atoms with van der Waals surface area (Å²) in [5.41, 5.74) is 2.88. The lowest BCUT2D eigenvalue weighted by Gasteiger charge is -2.40. The molecule has 2 aliphatic heterocycles. The molecule has 0 atom stereocenters. The summed E-state index contributed by atoms with van der Waals surface area (Å²) in [6, 6.07) is 15.8. The first kappa shape index (κ1) is 15.8. The summed E-state index contributed by atoms with van der Waals surface area (Å²) in [5, 5.41) is 0. The van der Waals surface area contributed by atoms with Crippen LogP contribution in [-0.2, 0) is 22.5 Å². The standard InChI is InChI=1S/C21H24FNO/c1-20(2)19-14-17(22)8-9-18(19)21(24-20)10-12-23(13-11-21)15-16-6-4-3-5-7-16/h3-9,14H,10-13,15H2,1-2H3. The zero-order valence-corrected chi connectivity index (χ0v) is 14.4. The highest BCUT2D eigenvalue weighted by Gasteiger charge is 2.50. The Morgan fingerprint density at radius 1 is 1.00 bits per heavy atom. The summed E-state index contributed by atoms with van der Waals surface area (Å²) in [5.74, 6) is -0.177. The van der Waals surface area contributed by atoms with Crippen LogP contribution < -0.4 is 0 Å². The van der Waals surface area contributed by atoms with Crippen molar-refractivity contribution in [3.8, 4) is 0 Å². The Labute approximate surface area is 143 Å². The van der Waals surface area contributed by atoms with E-state index in [9.17, 15) is 4.39 Å².